The van der Waals surface area contributed by atoms with Crippen molar-refractivity contribution in [2.75, 3.05) is 26.2 Å². The van der Waals surface area contributed by atoms with Crippen molar-refractivity contribution in [2.45, 2.75) is 31.6 Å². The predicted octanol–water partition coefficient (Wildman–Crippen LogP) is 4.48. The molecule has 3 aromatic rings. The highest BCUT2D eigenvalue weighted by Crippen LogP contribution is 2.40. The number of benzene rings is 2. The zero-order chi connectivity index (χ0) is 27.6. The number of piperidine rings is 1. The fourth-order valence-electron chi connectivity index (χ4n) is 4.76. The topological polar surface area (TPSA) is 151 Å². The van der Waals surface area contributed by atoms with Gasteiger partial charge in [-0.1, -0.05) is 18.2 Å². The molecule has 0 radical (unpaired) electrons. The van der Waals surface area contributed by atoms with E-state index in [0.29, 0.717) is 36.8 Å². The van der Waals surface area contributed by atoms with Crippen LogP contribution in [0.25, 0.3) is 10.9 Å². The molecule has 0 bridgehead atoms. The molecule has 2 aromatic carbocycles. The molecule has 0 aliphatic carbocycles. The molecule has 2 heterocycles. The first-order chi connectivity index (χ1) is 18.1. The summed E-state index contributed by atoms with van der Waals surface area (Å²) in [6, 6.07) is 10.5. The number of carbonyl (C=O) groups excluding carboxylic acids is 1. The Balaban J connectivity index is 1.74. The van der Waals surface area contributed by atoms with Crippen LogP contribution in [-0.4, -0.2) is 64.3 Å². The minimum absolute atomic E-state index is 0.0267. The first kappa shape index (κ1) is 27.2. The number of rotatable bonds is 8. The van der Waals surface area contributed by atoms with Crippen LogP contribution in [0.2, 0.25) is 0 Å². The quantitative estimate of drug-likeness (QED) is 0.252. The van der Waals surface area contributed by atoms with Crippen LogP contribution < -0.4 is 0 Å². The number of aromatic hydroxyl groups is 1. The summed E-state index contributed by atoms with van der Waals surface area (Å²) in [4.78, 5) is 25.0. The first-order valence-electron chi connectivity index (χ1n) is 12.4. The van der Waals surface area contributed by atoms with Gasteiger partial charge < -0.3 is 14.6 Å². The van der Waals surface area contributed by atoms with Crippen LogP contribution in [0, 0.1) is 16.0 Å². The van der Waals surface area contributed by atoms with Crippen molar-refractivity contribution in [1.29, 1.82) is 0 Å². The van der Waals surface area contributed by atoms with Crippen LogP contribution >= 0.6 is 0 Å². The predicted molar refractivity (Wildman–Crippen MR) is 141 cm³/mol. The Hall–Kier alpha value is -3.84. The Bertz CT molecular complexity index is 1510. The fourth-order valence-corrected chi connectivity index (χ4v) is 6.43. The number of amides is 1. The number of fused-ring (bicyclic) bond motifs is 1. The summed E-state index contributed by atoms with van der Waals surface area (Å²) in [5.41, 5.74) is 0.323. The Kier molecular flexibility index (Phi) is 7.78. The van der Waals surface area contributed by atoms with Crippen LogP contribution in [-0.2, 0) is 21.9 Å². The van der Waals surface area contributed by atoms with E-state index in [1.807, 2.05) is 13.8 Å². The van der Waals surface area contributed by atoms with Gasteiger partial charge in [0.25, 0.3) is 5.69 Å². The minimum atomic E-state index is -4.27. The van der Waals surface area contributed by atoms with Gasteiger partial charge in [-0.15, -0.1) is 10.2 Å². The SMILES string of the molecule is CCN(CC)C(=O)[C@H]1CCCN(S(=O)(=O)c2cc([N+](=O)[O-])ccc2N=Nc2c(O)n(C)c3ccccc23)C1. The van der Waals surface area contributed by atoms with Crippen molar-refractivity contribution in [3.05, 3.63) is 52.6 Å². The highest BCUT2D eigenvalue weighted by atomic mass is 32.2. The van der Waals surface area contributed by atoms with E-state index in [1.54, 1.807) is 36.2 Å². The number of nitrogens with zero attached hydrogens (tertiary/aromatic N) is 6. The number of hydrogen-bond donors (Lipinski definition) is 1. The number of aryl methyl sites for hydroxylation is 1. The number of nitro groups is 1. The molecule has 38 heavy (non-hydrogen) atoms. The number of aromatic nitrogens is 1. The van der Waals surface area contributed by atoms with Crippen LogP contribution in [0.15, 0.2) is 57.6 Å². The van der Waals surface area contributed by atoms with E-state index in [0.717, 1.165) is 12.1 Å². The van der Waals surface area contributed by atoms with E-state index >= 15 is 0 Å². The molecular weight excluding hydrogens is 512 g/mol. The van der Waals surface area contributed by atoms with E-state index in [2.05, 4.69) is 10.2 Å². The summed E-state index contributed by atoms with van der Waals surface area (Å²) >= 11 is 0. The molecule has 1 aliphatic heterocycles. The number of non-ortho nitro benzene ring substituents is 1. The van der Waals surface area contributed by atoms with Crippen molar-refractivity contribution in [2.24, 2.45) is 23.2 Å². The third-order valence-corrected chi connectivity index (χ3v) is 8.78. The molecule has 12 nitrogen and oxygen atoms in total. The first-order valence-corrected chi connectivity index (χ1v) is 13.8. The van der Waals surface area contributed by atoms with Crippen LogP contribution in [0.5, 0.6) is 5.88 Å². The second kappa shape index (κ2) is 10.9. The molecule has 202 valence electrons. The molecule has 0 spiro atoms. The number of carbonyl (C=O) groups is 1. The number of hydrogen-bond acceptors (Lipinski definition) is 8. The highest BCUT2D eigenvalue weighted by molar-refractivity contribution is 7.89. The van der Waals surface area contributed by atoms with E-state index in [1.165, 1.54) is 14.9 Å². The zero-order valence-corrected chi connectivity index (χ0v) is 22.3. The van der Waals surface area contributed by atoms with Gasteiger partial charge in [0.05, 0.1) is 16.4 Å². The third-order valence-electron chi connectivity index (χ3n) is 6.89. The fraction of sp³-hybridized carbons (Fsp3) is 0.400. The summed E-state index contributed by atoms with van der Waals surface area (Å²) in [5.74, 6) is -0.773. The molecular formula is C25H30N6O6S. The van der Waals surface area contributed by atoms with Crippen molar-refractivity contribution in [3.63, 3.8) is 0 Å². The van der Waals surface area contributed by atoms with Gasteiger partial charge in [0.15, 0.2) is 5.69 Å². The van der Waals surface area contributed by atoms with Gasteiger partial charge in [-0.2, -0.15) is 4.31 Å². The third kappa shape index (κ3) is 4.98. The lowest BCUT2D eigenvalue weighted by molar-refractivity contribution is -0.385. The normalized spacial score (nSPS) is 16.8. The zero-order valence-electron chi connectivity index (χ0n) is 21.4. The summed E-state index contributed by atoms with van der Waals surface area (Å²) in [6.45, 7) is 4.93. The van der Waals surface area contributed by atoms with Gasteiger partial charge in [-0.25, -0.2) is 8.42 Å². The Morgan fingerprint density at radius 1 is 1.18 bits per heavy atom. The number of azo groups is 1. The second-order valence-electron chi connectivity index (χ2n) is 9.07. The smallest absolute Gasteiger partial charge is 0.270 e. The summed E-state index contributed by atoms with van der Waals surface area (Å²) < 4.78 is 30.3. The maximum atomic E-state index is 13.8. The lowest BCUT2D eigenvalue weighted by Crippen LogP contribution is -2.46. The molecule has 0 saturated carbocycles. The van der Waals surface area contributed by atoms with Gasteiger partial charge in [-0.05, 0) is 38.8 Å². The highest BCUT2D eigenvalue weighted by Gasteiger charge is 2.36. The molecule has 1 amide bonds. The van der Waals surface area contributed by atoms with Gasteiger partial charge in [0.1, 0.15) is 10.6 Å². The maximum absolute atomic E-state index is 13.8. The van der Waals surface area contributed by atoms with Crippen LogP contribution in [0.3, 0.4) is 0 Å². The van der Waals surface area contributed by atoms with Crippen LogP contribution in [0.4, 0.5) is 17.1 Å². The Morgan fingerprint density at radius 3 is 2.58 bits per heavy atom. The van der Waals surface area contributed by atoms with Gasteiger partial charge in [0, 0.05) is 50.7 Å². The largest absolute Gasteiger partial charge is 0.493 e. The molecule has 1 aromatic heterocycles. The summed E-state index contributed by atoms with van der Waals surface area (Å²) in [7, 11) is -2.61. The van der Waals surface area contributed by atoms with Gasteiger partial charge in [0.2, 0.25) is 21.8 Å². The van der Waals surface area contributed by atoms with E-state index in [4.69, 9.17) is 0 Å². The molecule has 1 fully saturated rings. The van der Waals surface area contributed by atoms with Gasteiger partial charge >= 0.3 is 0 Å². The minimum Gasteiger partial charge on any atom is -0.493 e. The molecule has 13 heteroatoms. The molecule has 0 unspecified atom stereocenters. The number of nitro benzene ring substituents is 1. The second-order valence-corrected chi connectivity index (χ2v) is 11.0. The molecule has 1 N–H and O–H groups in total. The molecule has 1 saturated heterocycles. The van der Waals surface area contributed by atoms with Crippen LogP contribution in [0.1, 0.15) is 26.7 Å². The van der Waals surface area contributed by atoms with E-state index in [-0.39, 0.29) is 41.1 Å². The van der Waals surface area contributed by atoms with Crippen molar-refractivity contribution < 1.29 is 23.2 Å². The molecule has 1 aliphatic rings. The van der Waals surface area contributed by atoms with Crippen molar-refractivity contribution >= 4 is 43.9 Å². The number of sulfonamides is 1. The van der Waals surface area contributed by atoms with E-state index < -0.39 is 26.6 Å². The van der Waals surface area contributed by atoms with Crippen molar-refractivity contribution in [3.8, 4) is 5.88 Å². The standard InChI is InChI=1S/C25H30N6O6S/c1-4-29(5-2)24(32)17-9-8-14-30(16-17)38(36,37)22-15-18(31(34)35)12-13-20(22)26-27-23-19-10-6-7-11-21(19)28(3)25(23)33/h6-7,10-13,15,17,33H,4-5,8-9,14,16H2,1-3H3/t17-/m0/s1. The average Bonchev–Trinajstić information content (AvgIpc) is 3.17. The maximum Gasteiger partial charge on any atom is 0.270 e. The van der Waals surface area contributed by atoms with Gasteiger partial charge in [-0.3, -0.25) is 14.9 Å². The van der Waals surface area contributed by atoms with Crippen molar-refractivity contribution in [1.82, 2.24) is 13.8 Å². The lowest BCUT2D eigenvalue weighted by atomic mass is 9.98. The number of para-hydroxylation sites is 1. The summed E-state index contributed by atoms with van der Waals surface area (Å²) in [5, 5.41) is 30.9. The van der Waals surface area contributed by atoms with E-state index in [9.17, 15) is 28.4 Å². The Morgan fingerprint density at radius 2 is 1.89 bits per heavy atom. The molecule has 1 atom stereocenters. The monoisotopic (exact) mass is 542 g/mol. The Labute approximate surface area is 220 Å². The molecule has 4 rings (SSSR count). The summed E-state index contributed by atoms with van der Waals surface area (Å²) in [6.07, 6.45) is 1.04. The average molecular weight is 543 g/mol. The lowest BCUT2D eigenvalue weighted by Gasteiger charge is -2.33.